The predicted octanol–water partition coefficient (Wildman–Crippen LogP) is 2.12. The number of phenolic OH excluding ortho intramolecular Hbond substituents is 1. The summed E-state index contributed by atoms with van der Waals surface area (Å²) in [5, 5.41) is 13.5. The number of rotatable bonds is 5. The molecule has 2 N–H and O–H groups in total. The molecule has 3 rings (SSSR count). The molecule has 0 bridgehead atoms. The first-order chi connectivity index (χ1) is 9.76. The Bertz CT molecular complexity index is 452. The molecule has 2 aliphatic rings. The largest absolute Gasteiger partial charge is 0.507 e. The summed E-state index contributed by atoms with van der Waals surface area (Å²) in [4.78, 5) is 2.63. The zero-order chi connectivity index (χ0) is 13.9. The Kier molecular flexibility index (Phi) is 4.13. The fraction of sp³-hybridized carbons (Fsp3) is 0.625. The highest BCUT2D eigenvalue weighted by atomic mass is 16.5. The van der Waals surface area contributed by atoms with Gasteiger partial charge in [0.25, 0.3) is 0 Å². The molecule has 20 heavy (non-hydrogen) atoms. The molecule has 1 aromatic carbocycles. The average molecular weight is 276 g/mol. The summed E-state index contributed by atoms with van der Waals surface area (Å²) in [6.07, 6.45) is 5.23. The number of nitrogens with one attached hydrogen (secondary N) is 1. The van der Waals surface area contributed by atoms with Crippen molar-refractivity contribution in [1.29, 1.82) is 0 Å². The maximum Gasteiger partial charge on any atom is 0.123 e. The second-order valence-electron chi connectivity index (χ2n) is 5.92. The zero-order valence-corrected chi connectivity index (χ0v) is 12.1. The Labute approximate surface area is 120 Å². The van der Waals surface area contributed by atoms with Gasteiger partial charge < -0.3 is 20.1 Å². The second-order valence-corrected chi connectivity index (χ2v) is 5.92. The molecule has 1 saturated heterocycles. The molecule has 2 fully saturated rings. The van der Waals surface area contributed by atoms with Crippen LogP contribution in [0.3, 0.4) is 0 Å². The molecular formula is C16H24N2O2. The van der Waals surface area contributed by atoms with Crippen LogP contribution in [-0.4, -0.2) is 42.3 Å². The molecule has 1 heterocycles. The lowest BCUT2D eigenvalue weighted by Gasteiger charge is -2.32. The smallest absolute Gasteiger partial charge is 0.123 e. The molecule has 0 spiro atoms. The molecule has 0 unspecified atom stereocenters. The molecule has 0 atom stereocenters. The Hall–Kier alpha value is -1.26. The van der Waals surface area contributed by atoms with E-state index in [2.05, 4.69) is 10.2 Å². The third-order valence-electron chi connectivity index (χ3n) is 4.47. The number of ether oxygens (including phenoxy) is 1. The van der Waals surface area contributed by atoms with E-state index in [1.807, 2.05) is 12.1 Å². The lowest BCUT2D eigenvalue weighted by molar-refractivity contribution is 0.189. The number of phenols is 1. The second kappa shape index (κ2) is 6.02. The number of nitrogens with zero attached hydrogens (tertiary/aromatic N) is 1. The predicted molar refractivity (Wildman–Crippen MR) is 79.1 cm³/mol. The van der Waals surface area contributed by atoms with E-state index in [4.69, 9.17) is 4.74 Å². The first-order valence-corrected chi connectivity index (χ1v) is 7.59. The Balaban J connectivity index is 1.47. The van der Waals surface area contributed by atoms with Gasteiger partial charge in [-0.3, -0.25) is 0 Å². The third-order valence-corrected chi connectivity index (χ3v) is 4.47. The van der Waals surface area contributed by atoms with Gasteiger partial charge in [0.15, 0.2) is 0 Å². The van der Waals surface area contributed by atoms with E-state index in [1.54, 1.807) is 13.2 Å². The summed E-state index contributed by atoms with van der Waals surface area (Å²) in [6.45, 7) is 3.16. The summed E-state index contributed by atoms with van der Waals surface area (Å²) in [5.74, 6) is 1.01. The van der Waals surface area contributed by atoms with E-state index in [-0.39, 0.29) is 0 Å². The molecule has 1 aromatic rings. The summed E-state index contributed by atoms with van der Waals surface area (Å²) in [7, 11) is 1.61. The van der Waals surface area contributed by atoms with Gasteiger partial charge in [-0.25, -0.2) is 0 Å². The van der Waals surface area contributed by atoms with Crippen molar-refractivity contribution in [3.63, 3.8) is 0 Å². The highest BCUT2D eigenvalue weighted by Gasteiger charge is 2.31. The van der Waals surface area contributed by atoms with Crippen molar-refractivity contribution >= 4 is 0 Å². The van der Waals surface area contributed by atoms with Crippen molar-refractivity contribution < 1.29 is 9.84 Å². The molecule has 4 heteroatoms. The topological polar surface area (TPSA) is 44.7 Å². The van der Waals surface area contributed by atoms with Crippen LogP contribution in [0, 0.1) is 0 Å². The first-order valence-electron chi connectivity index (χ1n) is 7.59. The van der Waals surface area contributed by atoms with Gasteiger partial charge in [-0.15, -0.1) is 0 Å². The van der Waals surface area contributed by atoms with Crippen LogP contribution in [0.4, 0.5) is 0 Å². The lowest BCUT2D eigenvalue weighted by Crippen LogP contribution is -2.43. The van der Waals surface area contributed by atoms with Gasteiger partial charge in [-0.1, -0.05) is 6.07 Å². The van der Waals surface area contributed by atoms with E-state index in [1.165, 1.54) is 38.8 Å². The van der Waals surface area contributed by atoms with Gasteiger partial charge in [0.1, 0.15) is 11.5 Å². The average Bonchev–Trinajstić information content (AvgIpc) is 3.31. The lowest BCUT2D eigenvalue weighted by atomic mass is 10.0. The number of benzene rings is 1. The van der Waals surface area contributed by atoms with E-state index in [0.29, 0.717) is 17.5 Å². The summed E-state index contributed by atoms with van der Waals surface area (Å²) < 4.78 is 5.10. The van der Waals surface area contributed by atoms with Crippen LogP contribution in [0.1, 0.15) is 31.2 Å². The fourth-order valence-electron chi connectivity index (χ4n) is 2.98. The van der Waals surface area contributed by atoms with Gasteiger partial charge in [0.2, 0.25) is 0 Å². The van der Waals surface area contributed by atoms with E-state index < -0.39 is 0 Å². The van der Waals surface area contributed by atoms with Gasteiger partial charge in [-0.05, 0) is 44.8 Å². The van der Waals surface area contributed by atoms with Crippen molar-refractivity contribution in [1.82, 2.24) is 10.2 Å². The van der Waals surface area contributed by atoms with Crippen LogP contribution in [0.25, 0.3) is 0 Å². The standard InChI is InChI=1S/C16H24N2O2/c1-20-15-5-2-12(16(19)10-15)11-17-13-6-8-18(9-7-13)14-3-4-14/h2,5,10,13-14,17,19H,3-4,6-9,11H2,1H3. The summed E-state index contributed by atoms with van der Waals surface area (Å²) >= 11 is 0. The van der Waals surface area contributed by atoms with Gasteiger partial charge in [0.05, 0.1) is 7.11 Å². The molecule has 1 aliphatic heterocycles. The zero-order valence-electron chi connectivity index (χ0n) is 12.1. The summed E-state index contributed by atoms with van der Waals surface area (Å²) in [6, 6.07) is 6.97. The number of piperidine rings is 1. The van der Waals surface area contributed by atoms with Crippen molar-refractivity contribution in [3.8, 4) is 11.5 Å². The highest BCUT2D eigenvalue weighted by Crippen LogP contribution is 2.29. The molecule has 0 aromatic heterocycles. The quantitative estimate of drug-likeness (QED) is 0.864. The van der Waals surface area contributed by atoms with Gasteiger partial charge in [0, 0.05) is 30.3 Å². The Morgan fingerprint density at radius 3 is 2.60 bits per heavy atom. The minimum atomic E-state index is 0.312. The van der Waals surface area contributed by atoms with E-state index in [9.17, 15) is 5.11 Å². The number of hydrogen-bond donors (Lipinski definition) is 2. The normalized spacial score (nSPS) is 21.1. The molecule has 0 radical (unpaired) electrons. The van der Waals surface area contributed by atoms with E-state index in [0.717, 1.165) is 18.2 Å². The Morgan fingerprint density at radius 1 is 1.25 bits per heavy atom. The molecule has 1 saturated carbocycles. The van der Waals surface area contributed by atoms with Crippen LogP contribution in [0.2, 0.25) is 0 Å². The van der Waals surface area contributed by atoms with Gasteiger partial charge in [-0.2, -0.15) is 0 Å². The molecule has 110 valence electrons. The maximum absolute atomic E-state index is 9.95. The third kappa shape index (κ3) is 3.25. The van der Waals surface area contributed by atoms with Crippen molar-refractivity contribution in [2.24, 2.45) is 0 Å². The monoisotopic (exact) mass is 276 g/mol. The number of likely N-dealkylation sites (tertiary alicyclic amines) is 1. The van der Waals surface area contributed by atoms with Crippen molar-refractivity contribution in [3.05, 3.63) is 23.8 Å². The first kappa shape index (κ1) is 13.7. The van der Waals surface area contributed by atoms with Crippen LogP contribution >= 0.6 is 0 Å². The van der Waals surface area contributed by atoms with Crippen LogP contribution < -0.4 is 10.1 Å². The minimum absolute atomic E-state index is 0.312. The number of aromatic hydroxyl groups is 1. The van der Waals surface area contributed by atoms with Crippen LogP contribution in [-0.2, 0) is 6.54 Å². The molecular weight excluding hydrogens is 252 g/mol. The highest BCUT2D eigenvalue weighted by molar-refractivity contribution is 5.39. The number of methoxy groups -OCH3 is 1. The van der Waals surface area contributed by atoms with E-state index >= 15 is 0 Å². The molecule has 4 nitrogen and oxygen atoms in total. The van der Waals surface area contributed by atoms with Crippen molar-refractivity contribution in [2.45, 2.75) is 44.3 Å². The maximum atomic E-state index is 9.95. The van der Waals surface area contributed by atoms with Crippen molar-refractivity contribution in [2.75, 3.05) is 20.2 Å². The fourth-order valence-corrected chi connectivity index (χ4v) is 2.98. The van der Waals surface area contributed by atoms with Crippen LogP contribution in [0.5, 0.6) is 11.5 Å². The SMILES string of the molecule is COc1ccc(CNC2CCN(C3CC3)CC2)c(O)c1. The molecule has 0 amide bonds. The Morgan fingerprint density at radius 2 is 2.00 bits per heavy atom. The number of hydrogen-bond acceptors (Lipinski definition) is 4. The van der Waals surface area contributed by atoms with Gasteiger partial charge >= 0.3 is 0 Å². The molecule has 1 aliphatic carbocycles. The minimum Gasteiger partial charge on any atom is -0.507 e. The van der Waals surface area contributed by atoms with Crippen LogP contribution in [0.15, 0.2) is 18.2 Å². The summed E-state index contributed by atoms with van der Waals surface area (Å²) in [5.41, 5.74) is 0.940.